The Morgan fingerprint density at radius 1 is 1.10 bits per heavy atom. The maximum Gasteiger partial charge on any atom is 0.121 e. The van der Waals surface area contributed by atoms with Gasteiger partial charge in [0, 0.05) is 50.3 Å². The van der Waals surface area contributed by atoms with Crippen molar-refractivity contribution in [3.63, 3.8) is 0 Å². The van der Waals surface area contributed by atoms with Crippen LogP contribution in [0, 0.1) is 0 Å². The van der Waals surface area contributed by atoms with E-state index in [9.17, 15) is 0 Å². The molecule has 1 aromatic heterocycles. The maximum atomic E-state index is 5.85. The van der Waals surface area contributed by atoms with Crippen LogP contribution in [0.25, 0.3) is 0 Å². The van der Waals surface area contributed by atoms with E-state index < -0.39 is 0 Å². The minimum absolute atomic E-state index is 0.577. The molecule has 0 bridgehead atoms. The van der Waals surface area contributed by atoms with E-state index >= 15 is 0 Å². The van der Waals surface area contributed by atoms with Gasteiger partial charge in [-0.05, 0) is 29.8 Å². The quantitative estimate of drug-likeness (QED) is 0.922. The molecule has 0 spiro atoms. The molecule has 1 aliphatic heterocycles. The predicted octanol–water partition coefficient (Wildman–Crippen LogP) is 2.07. The summed E-state index contributed by atoms with van der Waals surface area (Å²) in [5.74, 6) is 0.915. The highest BCUT2D eigenvalue weighted by Crippen LogP contribution is 2.22. The second kappa shape index (κ2) is 6.39. The Bertz CT molecular complexity index is 538. The fourth-order valence-electron chi connectivity index (χ4n) is 2.34. The molecule has 0 aliphatic carbocycles. The number of rotatable bonds is 4. The van der Waals surface area contributed by atoms with Crippen molar-refractivity contribution in [3.05, 3.63) is 54.4 Å². The zero-order valence-corrected chi connectivity index (χ0v) is 11.5. The van der Waals surface area contributed by atoms with Crippen LogP contribution in [-0.4, -0.2) is 31.2 Å². The molecule has 104 valence electrons. The normalized spacial score (nSPS) is 15.1. The minimum Gasteiger partial charge on any atom is -0.489 e. The highest BCUT2D eigenvalue weighted by atomic mass is 16.5. The number of nitrogens with one attached hydrogen (secondary N) is 1. The van der Waals surface area contributed by atoms with Crippen LogP contribution in [0.2, 0.25) is 0 Å². The Balaban J connectivity index is 1.65. The molecule has 0 unspecified atom stereocenters. The Morgan fingerprint density at radius 3 is 2.70 bits per heavy atom. The Labute approximate surface area is 119 Å². The van der Waals surface area contributed by atoms with Crippen molar-refractivity contribution in [2.45, 2.75) is 6.61 Å². The van der Waals surface area contributed by atoms with E-state index in [-0.39, 0.29) is 0 Å². The molecule has 1 aliphatic rings. The molecule has 4 nitrogen and oxygen atoms in total. The highest BCUT2D eigenvalue weighted by Gasteiger charge is 2.10. The van der Waals surface area contributed by atoms with E-state index in [1.54, 1.807) is 12.4 Å². The second-order valence-corrected chi connectivity index (χ2v) is 4.88. The van der Waals surface area contributed by atoms with Crippen LogP contribution in [0.5, 0.6) is 5.75 Å². The summed E-state index contributed by atoms with van der Waals surface area (Å²) in [5.41, 5.74) is 2.37. The Morgan fingerprint density at radius 2 is 1.90 bits per heavy atom. The second-order valence-electron chi connectivity index (χ2n) is 4.88. The number of anilines is 1. The third kappa shape index (κ3) is 3.27. The molecular formula is C16H19N3O. The van der Waals surface area contributed by atoms with Crippen molar-refractivity contribution in [2.24, 2.45) is 0 Å². The van der Waals surface area contributed by atoms with Crippen LogP contribution in [0.4, 0.5) is 5.69 Å². The molecule has 20 heavy (non-hydrogen) atoms. The third-order valence-corrected chi connectivity index (χ3v) is 3.45. The largest absolute Gasteiger partial charge is 0.489 e. The smallest absolute Gasteiger partial charge is 0.121 e. The van der Waals surface area contributed by atoms with E-state index in [4.69, 9.17) is 4.74 Å². The number of piperazine rings is 1. The van der Waals surface area contributed by atoms with Crippen molar-refractivity contribution >= 4 is 5.69 Å². The van der Waals surface area contributed by atoms with Gasteiger partial charge in [0.1, 0.15) is 12.4 Å². The Hall–Kier alpha value is -2.07. The number of hydrogen-bond acceptors (Lipinski definition) is 4. The van der Waals surface area contributed by atoms with Gasteiger partial charge in [-0.2, -0.15) is 0 Å². The summed E-state index contributed by atoms with van der Waals surface area (Å²) >= 11 is 0. The molecule has 3 rings (SSSR count). The van der Waals surface area contributed by atoms with Crippen LogP contribution in [-0.2, 0) is 6.61 Å². The summed E-state index contributed by atoms with van der Waals surface area (Å²) in [7, 11) is 0. The number of hydrogen-bond donors (Lipinski definition) is 1. The van der Waals surface area contributed by atoms with Crippen LogP contribution in [0.3, 0.4) is 0 Å². The number of nitrogens with zero attached hydrogens (tertiary/aromatic N) is 2. The number of aromatic nitrogens is 1. The lowest BCUT2D eigenvalue weighted by molar-refractivity contribution is 0.306. The summed E-state index contributed by atoms with van der Waals surface area (Å²) in [4.78, 5) is 6.39. The molecule has 0 saturated carbocycles. The molecule has 1 saturated heterocycles. The van der Waals surface area contributed by atoms with E-state index in [1.807, 2.05) is 18.2 Å². The average Bonchev–Trinajstić information content (AvgIpc) is 2.55. The van der Waals surface area contributed by atoms with Crippen LogP contribution in [0.15, 0.2) is 48.8 Å². The zero-order chi connectivity index (χ0) is 13.6. The van der Waals surface area contributed by atoms with Gasteiger partial charge in [-0.25, -0.2) is 0 Å². The molecule has 1 N–H and O–H groups in total. The predicted molar refractivity (Wildman–Crippen MR) is 80.1 cm³/mol. The van der Waals surface area contributed by atoms with Gasteiger partial charge in [0.2, 0.25) is 0 Å². The number of pyridine rings is 1. The van der Waals surface area contributed by atoms with E-state index in [1.165, 1.54) is 5.69 Å². The van der Waals surface area contributed by atoms with Gasteiger partial charge >= 0.3 is 0 Å². The van der Waals surface area contributed by atoms with Gasteiger partial charge in [0.25, 0.3) is 0 Å². The summed E-state index contributed by atoms with van der Waals surface area (Å²) in [5, 5.41) is 3.37. The molecule has 2 aromatic rings. The first-order valence-electron chi connectivity index (χ1n) is 6.99. The van der Waals surface area contributed by atoms with Crippen molar-refractivity contribution in [1.29, 1.82) is 0 Å². The SMILES string of the molecule is c1cc(OCc2ccncc2)cc(N2CCNCC2)c1. The third-order valence-electron chi connectivity index (χ3n) is 3.45. The molecule has 2 heterocycles. The molecule has 0 amide bonds. The van der Waals surface area contributed by atoms with Crippen LogP contribution < -0.4 is 15.0 Å². The summed E-state index contributed by atoms with van der Waals surface area (Å²) in [6.45, 7) is 4.76. The van der Waals surface area contributed by atoms with E-state index in [2.05, 4.69) is 33.4 Å². The molecule has 0 radical (unpaired) electrons. The van der Waals surface area contributed by atoms with Crippen LogP contribution >= 0.6 is 0 Å². The molecule has 0 atom stereocenters. The van der Waals surface area contributed by atoms with Crippen LogP contribution in [0.1, 0.15) is 5.56 Å². The molecule has 1 aromatic carbocycles. The summed E-state index contributed by atoms with van der Waals surface area (Å²) < 4.78 is 5.85. The molecule has 1 fully saturated rings. The van der Waals surface area contributed by atoms with Gasteiger partial charge in [-0.15, -0.1) is 0 Å². The maximum absolute atomic E-state index is 5.85. The molecular weight excluding hydrogens is 250 g/mol. The first kappa shape index (κ1) is 12.9. The van der Waals surface area contributed by atoms with Crippen molar-refractivity contribution in [3.8, 4) is 5.75 Å². The number of benzene rings is 1. The fourth-order valence-corrected chi connectivity index (χ4v) is 2.34. The van der Waals surface area contributed by atoms with Crippen molar-refractivity contribution in [1.82, 2.24) is 10.3 Å². The fraction of sp³-hybridized carbons (Fsp3) is 0.312. The summed E-state index contributed by atoms with van der Waals surface area (Å²) in [6, 6.07) is 12.3. The lowest BCUT2D eigenvalue weighted by Gasteiger charge is -2.29. The lowest BCUT2D eigenvalue weighted by Crippen LogP contribution is -2.43. The monoisotopic (exact) mass is 269 g/mol. The van der Waals surface area contributed by atoms with E-state index in [0.717, 1.165) is 37.5 Å². The zero-order valence-electron chi connectivity index (χ0n) is 11.5. The summed E-state index contributed by atoms with van der Waals surface area (Å²) in [6.07, 6.45) is 3.58. The van der Waals surface area contributed by atoms with E-state index in [0.29, 0.717) is 6.61 Å². The van der Waals surface area contributed by atoms with Gasteiger partial charge in [0.05, 0.1) is 0 Å². The van der Waals surface area contributed by atoms with Gasteiger partial charge in [0.15, 0.2) is 0 Å². The van der Waals surface area contributed by atoms with Gasteiger partial charge in [-0.3, -0.25) is 4.98 Å². The standard InChI is InChI=1S/C16H19N3O/c1-2-15(19-10-8-18-9-11-19)12-16(3-1)20-13-14-4-6-17-7-5-14/h1-7,12,18H,8-11,13H2. The van der Waals surface area contributed by atoms with Crippen molar-refractivity contribution < 1.29 is 4.74 Å². The van der Waals surface area contributed by atoms with Gasteiger partial charge in [-0.1, -0.05) is 6.07 Å². The highest BCUT2D eigenvalue weighted by molar-refractivity contribution is 5.51. The number of ether oxygens (including phenoxy) is 1. The van der Waals surface area contributed by atoms with Crippen molar-refractivity contribution in [2.75, 3.05) is 31.1 Å². The Kier molecular flexibility index (Phi) is 4.13. The first-order chi connectivity index (χ1) is 9.92. The average molecular weight is 269 g/mol. The first-order valence-corrected chi connectivity index (χ1v) is 6.99. The molecule has 4 heteroatoms. The van der Waals surface area contributed by atoms with Gasteiger partial charge < -0.3 is 15.0 Å². The minimum atomic E-state index is 0.577. The topological polar surface area (TPSA) is 37.4 Å². The lowest BCUT2D eigenvalue weighted by atomic mass is 10.2.